The van der Waals surface area contributed by atoms with E-state index in [0.29, 0.717) is 13.2 Å². The highest BCUT2D eigenvalue weighted by atomic mass is 16.5. The monoisotopic (exact) mass is 178 g/mol. The SMILES string of the molecule is COCC(C)OCC(O)CNN. The molecule has 5 nitrogen and oxygen atoms in total. The minimum Gasteiger partial charge on any atom is -0.389 e. The van der Waals surface area contributed by atoms with E-state index in [0.717, 1.165) is 0 Å². The zero-order valence-electron chi connectivity index (χ0n) is 7.62. The fraction of sp³-hybridized carbons (Fsp3) is 1.00. The highest BCUT2D eigenvalue weighted by Crippen LogP contribution is 1.92. The largest absolute Gasteiger partial charge is 0.389 e. The third kappa shape index (κ3) is 6.51. The molecule has 2 unspecified atom stereocenters. The summed E-state index contributed by atoms with van der Waals surface area (Å²) in [7, 11) is 1.61. The van der Waals surface area contributed by atoms with Gasteiger partial charge in [0.2, 0.25) is 0 Å². The molecule has 0 heterocycles. The molecule has 0 saturated heterocycles. The molecule has 0 aromatic rings. The molecule has 0 aromatic carbocycles. The summed E-state index contributed by atoms with van der Waals surface area (Å²) < 4.78 is 10.1. The van der Waals surface area contributed by atoms with Crippen molar-refractivity contribution >= 4 is 0 Å². The molecule has 0 radical (unpaired) electrons. The standard InChI is InChI=1S/C7H18N2O3/c1-6(4-11-2)12-5-7(10)3-9-8/h6-7,9-10H,3-5,8H2,1-2H3. The molecular formula is C7H18N2O3. The summed E-state index contributed by atoms with van der Waals surface area (Å²) in [5, 5.41) is 9.16. The van der Waals surface area contributed by atoms with Gasteiger partial charge in [-0.25, -0.2) is 0 Å². The molecule has 0 amide bonds. The van der Waals surface area contributed by atoms with Gasteiger partial charge in [0, 0.05) is 13.7 Å². The molecule has 0 saturated carbocycles. The van der Waals surface area contributed by atoms with Crippen LogP contribution in [0.15, 0.2) is 0 Å². The number of aliphatic hydroxyl groups is 1. The maximum Gasteiger partial charge on any atom is 0.0911 e. The first-order valence-electron chi connectivity index (χ1n) is 3.92. The maximum absolute atomic E-state index is 9.16. The van der Waals surface area contributed by atoms with Gasteiger partial charge in [0.15, 0.2) is 0 Å². The quantitative estimate of drug-likeness (QED) is 0.339. The van der Waals surface area contributed by atoms with E-state index < -0.39 is 6.10 Å². The van der Waals surface area contributed by atoms with Gasteiger partial charge in [-0.15, -0.1) is 0 Å². The van der Waals surface area contributed by atoms with Crippen molar-refractivity contribution < 1.29 is 14.6 Å². The zero-order valence-corrected chi connectivity index (χ0v) is 7.62. The second kappa shape index (κ2) is 7.45. The number of nitrogens with two attached hydrogens (primary N) is 1. The Hall–Kier alpha value is -0.200. The zero-order chi connectivity index (χ0) is 9.40. The Balaban J connectivity index is 3.27. The lowest BCUT2D eigenvalue weighted by Gasteiger charge is -2.15. The number of hydrogen-bond donors (Lipinski definition) is 3. The van der Waals surface area contributed by atoms with E-state index in [2.05, 4.69) is 5.43 Å². The Morgan fingerprint density at radius 3 is 2.67 bits per heavy atom. The third-order valence-corrected chi connectivity index (χ3v) is 1.33. The average molecular weight is 178 g/mol. The molecule has 0 aromatic heterocycles. The van der Waals surface area contributed by atoms with E-state index in [1.54, 1.807) is 7.11 Å². The molecule has 2 atom stereocenters. The van der Waals surface area contributed by atoms with Gasteiger partial charge in [-0.2, -0.15) is 0 Å². The summed E-state index contributed by atoms with van der Waals surface area (Å²) in [6.07, 6.45) is -0.559. The van der Waals surface area contributed by atoms with E-state index in [1.165, 1.54) is 0 Å². The van der Waals surface area contributed by atoms with Crippen molar-refractivity contribution in [2.75, 3.05) is 26.9 Å². The van der Waals surface area contributed by atoms with E-state index in [4.69, 9.17) is 20.4 Å². The number of ether oxygens (including phenoxy) is 2. The van der Waals surface area contributed by atoms with Crippen LogP contribution in [0.2, 0.25) is 0 Å². The second-order valence-corrected chi connectivity index (χ2v) is 2.66. The lowest BCUT2D eigenvalue weighted by Crippen LogP contribution is -2.35. The van der Waals surface area contributed by atoms with Crippen LogP contribution >= 0.6 is 0 Å². The molecule has 0 bridgehead atoms. The van der Waals surface area contributed by atoms with Crippen LogP contribution in [0.25, 0.3) is 0 Å². The molecular weight excluding hydrogens is 160 g/mol. The van der Waals surface area contributed by atoms with Crippen LogP contribution in [0, 0.1) is 0 Å². The van der Waals surface area contributed by atoms with E-state index >= 15 is 0 Å². The molecule has 0 rings (SSSR count). The van der Waals surface area contributed by atoms with E-state index in [-0.39, 0.29) is 12.7 Å². The van der Waals surface area contributed by atoms with Crippen LogP contribution < -0.4 is 11.3 Å². The van der Waals surface area contributed by atoms with E-state index in [9.17, 15) is 0 Å². The number of hydrogen-bond acceptors (Lipinski definition) is 5. The van der Waals surface area contributed by atoms with E-state index in [1.807, 2.05) is 6.92 Å². The molecule has 0 fully saturated rings. The van der Waals surface area contributed by atoms with Gasteiger partial charge in [-0.3, -0.25) is 11.3 Å². The molecule has 0 aliphatic carbocycles. The number of hydrazine groups is 1. The van der Waals surface area contributed by atoms with Crippen molar-refractivity contribution in [3.8, 4) is 0 Å². The summed E-state index contributed by atoms with van der Waals surface area (Å²) in [5.41, 5.74) is 2.36. The lowest BCUT2D eigenvalue weighted by molar-refractivity contribution is -0.0310. The van der Waals surface area contributed by atoms with Crippen LogP contribution in [0.4, 0.5) is 0 Å². The van der Waals surface area contributed by atoms with Gasteiger partial charge in [0.05, 0.1) is 25.4 Å². The maximum atomic E-state index is 9.16. The average Bonchev–Trinajstić information content (AvgIpc) is 2.02. The number of rotatable bonds is 7. The van der Waals surface area contributed by atoms with Gasteiger partial charge in [-0.1, -0.05) is 0 Å². The van der Waals surface area contributed by atoms with Crippen molar-refractivity contribution in [3.05, 3.63) is 0 Å². The first-order chi connectivity index (χ1) is 5.70. The van der Waals surface area contributed by atoms with Gasteiger partial charge < -0.3 is 14.6 Å². The highest BCUT2D eigenvalue weighted by molar-refractivity contribution is 4.56. The smallest absolute Gasteiger partial charge is 0.0911 e. The molecule has 74 valence electrons. The molecule has 12 heavy (non-hydrogen) atoms. The Kier molecular flexibility index (Phi) is 7.33. The summed E-state index contributed by atoms with van der Waals surface area (Å²) in [6.45, 7) is 3.02. The van der Waals surface area contributed by atoms with Crippen molar-refractivity contribution in [1.82, 2.24) is 5.43 Å². The number of nitrogens with one attached hydrogen (secondary N) is 1. The number of aliphatic hydroxyl groups excluding tert-OH is 1. The highest BCUT2D eigenvalue weighted by Gasteiger charge is 2.06. The summed E-state index contributed by atoms with van der Waals surface area (Å²) in [5.74, 6) is 5.00. The second-order valence-electron chi connectivity index (χ2n) is 2.66. The molecule has 0 aliphatic heterocycles. The molecule has 5 heteroatoms. The van der Waals surface area contributed by atoms with Gasteiger partial charge in [0.25, 0.3) is 0 Å². The van der Waals surface area contributed by atoms with Crippen LogP contribution in [0.5, 0.6) is 0 Å². The Morgan fingerprint density at radius 2 is 2.17 bits per heavy atom. The van der Waals surface area contributed by atoms with Crippen LogP contribution in [0.3, 0.4) is 0 Å². The van der Waals surface area contributed by atoms with Gasteiger partial charge >= 0.3 is 0 Å². The third-order valence-electron chi connectivity index (χ3n) is 1.33. The van der Waals surface area contributed by atoms with Crippen LogP contribution in [-0.4, -0.2) is 44.2 Å². The fourth-order valence-corrected chi connectivity index (χ4v) is 0.753. The van der Waals surface area contributed by atoms with Crippen LogP contribution in [0.1, 0.15) is 6.92 Å². The predicted octanol–water partition coefficient (Wildman–Crippen LogP) is -1.14. The molecule has 0 spiro atoms. The molecule has 0 aliphatic rings. The van der Waals surface area contributed by atoms with Gasteiger partial charge in [-0.05, 0) is 6.92 Å². The lowest BCUT2D eigenvalue weighted by atomic mass is 10.4. The Labute approximate surface area is 72.8 Å². The Bertz CT molecular complexity index is 90.7. The van der Waals surface area contributed by atoms with Crippen LogP contribution in [-0.2, 0) is 9.47 Å². The van der Waals surface area contributed by atoms with Gasteiger partial charge in [0.1, 0.15) is 0 Å². The minimum atomic E-state index is -0.561. The normalized spacial score (nSPS) is 16.0. The Morgan fingerprint density at radius 1 is 1.50 bits per heavy atom. The van der Waals surface area contributed by atoms with Crippen molar-refractivity contribution in [2.45, 2.75) is 19.1 Å². The fourth-order valence-electron chi connectivity index (χ4n) is 0.753. The summed E-state index contributed by atoms with van der Waals surface area (Å²) >= 11 is 0. The summed E-state index contributed by atoms with van der Waals surface area (Å²) in [6, 6.07) is 0. The van der Waals surface area contributed by atoms with Crippen molar-refractivity contribution in [1.29, 1.82) is 0 Å². The first-order valence-corrected chi connectivity index (χ1v) is 3.92. The molecule has 4 N–H and O–H groups in total. The van der Waals surface area contributed by atoms with Crippen molar-refractivity contribution in [2.24, 2.45) is 5.84 Å². The minimum absolute atomic E-state index is 0.00224. The van der Waals surface area contributed by atoms with Crippen molar-refractivity contribution in [3.63, 3.8) is 0 Å². The number of methoxy groups -OCH3 is 1. The summed E-state index contributed by atoms with van der Waals surface area (Å²) in [4.78, 5) is 0. The predicted molar refractivity (Wildman–Crippen MR) is 45.5 cm³/mol. The topological polar surface area (TPSA) is 76.7 Å². The first kappa shape index (κ1) is 11.8.